The first-order valence-electron chi connectivity index (χ1n) is 14.2. The number of hydrogen-bond acceptors (Lipinski definition) is 8. The molecule has 2 fully saturated rings. The first-order chi connectivity index (χ1) is 19.5. The summed E-state index contributed by atoms with van der Waals surface area (Å²) >= 11 is 0. The van der Waals surface area contributed by atoms with Gasteiger partial charge in [-0.25, -0.2) is 14.3 Å². The van der Waals surface area contributed by atoms with Crippen LogP contribution in [-0.2, 0) is 9.47 Å². The summed E-state index contributed by atoms with van der Waals surface area (Å²) in [5.41, 5.74) is 0.355. The SMILES string of the molecule is COC1CCC(n2cccc(Nc3cc(N(C)C(=O)OC(C)(C)C)c4ncc(C(=O)NC5CCC5)n4n3)c2=O)CC1. The maximum absolute atomic E-state index is 13.5. The Balaban J connectivity index is 1.50. The van der Waals surface area contributed by atoms with Gasteiger partial charge in [0.2, 0.25) is 0 Å². The predicted octanol–water partition coefficient (Wildman–Crippen LogP) is 4.42. The number of anilines is 3. The van der Waals surface area contributed by atoms with E-state index in [0.29, 0.717) is 17.0 Å². The van der Waals surface area contributed by atoms with Crippen LogP contribution in [0.2, 0.25) is 0 Å². The van der Waals surface area contributed by atoms with Gasteiger partial charge in [-0.3, -0.25) is 14.5 Å². The highest BCUT2D eigenvalue weighted by Crippen LogP contribution is 2.30. The zero-order valence-electron chi connectivity index (χ0n) is 24.3. The molecule has 3 aromatic rings. The summed E-state index contributed by atoms with van der Waals surface area (Å²) in [4.78, 5) is 45.4. The van der Waals surface area contributed by atoms with E-state index in [9.17, 15) is 14.4 Å². The van der Waals surface area contributed by atoms with Crippen LogP contribution >= 0.6 is 0 Å². The van der Waals surface area contributed by atoms with Crippen molar-refractivity contribution in [2.24, 2.45) is 0 Å². The summed E-state index contributed by atoms with van der Waals surface area (Å²) in [5.74, 6) is -0.0250. The Morgan fingerprint density at radius 1 is 1.12 bits per heavy atom. The van der Waals surface area contributed by atoms with Gasteiger partial charge in [-0.15, -0.1) is 5.10 Å². The summed E-state index contributed by atoms with van der Waals surface area (Å²) in [6.45, 7) is 5.36. The van der Waals surface area contributed by atoms with E-state index in [-0.39, 0.29) is 41.2 Å². The van der Waals surface area contributed by atoms with E-state index in [4.69, 9.17) is 9.47 Å². The summed E-state index contributed by atoms with van der Waals surface area (Å²) in [7, 11) is 3.30. The molecule has 0 unspecified atom stereocenters. The minimum atomic E-state index is -0.712. The molecule has 2 aliphatic carbocycles. The Labute approximate surface area is 239 Å². The Bertz CT molecular complexity index is 1480. The summed E-state index contributed by atoms with van der Waals surface area (Å²) in [6, 6.07) is 5.35. The van der Waals surface area contributed by atoms with Gasteiger partial charge in [0, 0.05) is 38.5 Å². The number of nitrogens with one attached hydrogen (secondary N) is 2. The van der Waals surface area contributed by atoms with Crippen molar-refractivity contribution in [3.8, 4) is 0 Å². The van der Waals surface area contributed by atoms with E-state index < -0.39 is 11.7 Å². The molecule has 0 aromatic carbocycles. The van der Waals surface area contributed by atoms with Gasteiger partial charge >= 0.3 is 6.09 Å². The lowest BCUT2D eigenvalue weighted by Gasteiger charge is -2.29. The van der Waals surface area contributed by atoms with Crippen molar-refractivity contribution >= 4 is 34.8 Å². The van der Waals surface area contributed by atoms with Crippen LogP contribution in [0.1, 0.15) is 82.2 Å². The summed E-state index contributed by atoms with van der Waals surface area (Å²) < 4.78 is 14.2. The largest absolute Gasteiger partial charge is 0.443 e. The molecule has 12 heteroatoms. The first kappa shape index (κ1) is 28.6. The smallest absolute Gasteiger partial charge is 0.414 e. The van der Waals surface area contributed by atoms with Gasteiger partial charge in [0.15, 0.2) is 17.2 Å². The lowest BCUT2D eigenvalue weighted by Crippen LogP contribution is -2.40. The summed E-state index contributed by atoms with van der Waals surface area (Å²) in [6.07, 6.45) is 9.34. The van der Waals surface area contributed by atoms with Gasteiger partial charge in [0.1, 0.15) is 11.3 Å². The third-order valence-electron chi connectivity index (χ3n) is 7.76. The van der Waals surface area contributed by atoms with Gasteiger partial charge in [-0.1, -0.05) is 0 Å². The summed E-state index contributed by atoms with van der Waals surface area (Å²) in [5, 5.41) is 10.8. The topological polar surface area (TPSA) is 132 Å². The fourth-order valence-corrected chi connectivity index (χ4v) is 5.25. The number of rotatable bonds is 7. The van der Waals surface area contributed by atoms with E-state index in [2.05, 4.69) is 20.7 Å². The highest BCUT2D eigenvalue weighted by atomic mass is 16.6. The lowest BCUT2D eigenvalue weighted by molar-refractivity contribution is 0.0579. The number of aromatic nitrogens is 4. The molecule has 2 aliphatic rings. The van der Waals surface area contributed by atoms with Crippen molar-refractivity contribution in [2.45, 2.75) is 89.5 Å². The number of hydrogen-bond donors (Lipinski definition) is 2. The second kappa shape index (κ2) is 11.5. The first-order valence-corrected chi connectivity index (χ1v) is 14.2. The second-order valence-electron chi connectivity index (χ2n) is 11.9. The maximum Gasteiger partial charge on any atom is 0.414 e. The third kappa shape index (κ3) is 6.22. The number of amides is 2. The Kier molecular flexibility index (Phi) is 8.03. The van der Waals surface area contributed by atoms with Crippen LogP contribution in [0.5, 0.6) is 0 Å². The van der Waals surface area contributed by atoms with Gasteiger partial charge in [-0.2, -0.15) is 0 Å². The molecule has 0 spiro atoms. The standard InChI is InChI=1S/C29H39N7O5/c1-29(2,3)41-28(39)34(4)22-16-24(33-36-23(17-30-25(22)36)26(37)31-18-8-6-9-18)32-21-10-7-15-35(27(21)38)19-11-13-20(40-5)14-12-19/h7,10,15-20H,6,8-9,11-14H2,1-5H3,(H,31,37)(H,32,33). The van der Waals surface area contributed by atoms with Crippen LogP contribution in [0.3, 0.4) is 0 Å². The minimum absolute atomic E-state index is 0.0791. The molecule has 12 nitrogen and oxygen atoms in total. The minimum Gasteiger partial charge on any atom is -0.443 e. The van der Waals surface area contributed by atoms with Crippen molar-refractivity contribution in [3.05, 3.63) is 46.6 Å². The number of pyridine rings is 1. The van der Waals surface area contributed by atoms with Crippen molar-refractivity contribution in [1.29, 1.82) is 0 Å². The van der Waals surface area contributed by atoms with E-state index in [1.165, 1.54) is 15.6 Å². The zero-order chi connectivity index (χ0) is 29.3. The number of fused-ring (bicyclic) bond motifs is 1. The van der Waals surface area contributed by atoms with E-state index in [1.807, 2.05) is 12.3 Å². The van der Waals surface area contributed by atoms with Crippen LogP contribution in [-0.4, -0.2) is 63.1 Å². The quantitative estimate of drug-likeness (QED) is 0.430. The Morgan fingerprint density at radius 3 is 2.49 bits per heavy atom. The van der Waals surface area contributed by atoms with Crippen molar-refractivity contribution in [3.63, 3.8) is 0 Å². The van der Waals surface area contributed by atoms with Gasteiger partial charge in [0.25, 0.3) is 11.5 Å². The molecule has 41 heavy (non-hydrogen) atoms. The molecule has 220 valence electrons. The molecular formula is C29H39N7O5. The van der Waals surface area contributed by atoms with Gasteiger partial charge in [-0.05, 0) is 77.8 Å². The normalized spacial score (nSPS) is 19.4. The molecule has 5 rings (SSSR count). The second-order valence-corrected chi connectivity index (χ2v) is 11.9. The van der Waals surface area contributed by atoms with E-state index in [0.717, 1.165) is 44.9 Å². The number of ether oxygens (including phenoxy) is 2. The zero-order valence-corrected chi connectivity index (χ0v) is 24.3. The number of methoxy groups -OCH3 is 1. The number of carbonyl (C=O) groups is 2. The molecule has 2 amide bonds. The lowest BCUT2D eigenvalue weighted by atomic mass is 9.92. The molecule has 2 saturated carbocycles. The fourth-order valence-electron chi connectivity index (χ4n) is 5.25. The van der Waals surface area contributed by atoms with Gasteiger partial charge < -0.3 is 24.7 Å². The van der Waals surface area contributed by atoms with Crippen molar-refractivity contribution in [1.82, 2.24) is 24.5 Å². The highest BCUT2D eigenvalue weighted by Gasteiger charge is 2.28. The molecule has 0 radical (unpaired) electrons. The average molecular weight is 566 g/mol. The van der Waals surface area contributed by atoms with Crippen LogP contribution < -0.4 is 21.1 Å². The molecule has 0 bridgehead atoms. The van der Waals surface area contributed by atoms with Crippen molar-refractivity contribution < 1.29 is 19.1 Å². The third-order valence-corrected chi connectivity index (χ3v) is 7.76. The molecule has 2 N–H and O–H groups in total. The molecule has 3 aromatic heterocycles. The maximum atomic E-state index is 13.5. The number of carbonyl (C=O) groups excluding carboxylic acids is 2. The Morgan fingerprint density at radius 2 is 1.85 bits per heavy atom. The van der Waals surface area contributed by atoms with Crippen LogP contribution in [0.25, 0.3) is 5.65 Å². The van der Waals surface area contributed by atoms with Crippen LogP contribution in [0, 0.1) is 0 Å². The van der Waals surface area contributed by atoms with Gasteiger partial charge in [0.05, 0.1) is 18.0 Å². The van der Waals surface area contributed by atoms with Crippen LogP contribution in [0.4, 0.5) is 22.0 Å². The van der Waals surface area contributed by atoms with E-state index in [1.54, 1.807) is 51.6 Å². The van der Waals surface area contributed by atoms with Crippen LogP contribution in [0.15, 0.2) is 35.4 Å². The molecule has 3 heterocycles. The van der Waals surface area contributed by atoms with Crippen molar-refractivity contribution in [2.75, 3.05) is 24.4 Å². The molecule has 0 atom stereocenters. The number of imidazole rings is 1. The van der Waals surface area contributed by atoms with E-state index >= 15 is 0 Å². The number of nitrogens with zero attached hydrogens (tertiary/aromatic N) is 5. The predicted molar refractivity (Wildman–Crippen MR) is 155 cm³/mol. The fraction of sp³-hybridized carbons (Fsp3) is 0.552. The molecular weight excluding hydrogens is 526 g/mol. The molecule has 0 saturated heterocycles. The average Bonchev–Trinajstić information content (AvgIpc) is 3.34. The highest BCUT2D eigenvalue weighted by molar-refractivity contribution is 5.96. The Hall–Kier alpha value is -3.93. The monoisotopic (exact) mass is 565 g/mol. The molecule has 0 aliphatic heterocycles.